The number of fused-ring (bicyclic) bond motifs is 1. The van der Waals surface area contributed by atoms with Crippen LogP contribution in [0.3, 0.4) is 0 Å². The van der Waals surface area contributed by atoms with Gasteiger partial charge in [-0.2, -0.15) is 0 Å². The first-order chi connectivity index (χ1) is 10.6. The molecular formula is C17H20N2O3. The van der Waals surface area contributed by atoms with Crippen LogP contribution in [-0.2, 0) is 9.53 Å². The maximum Gasteiger partial charge on any atom is 0.328 e. The molecule has 1 amide bonds. The quantitative estimate of drug-likeness (QED) is 0.862. The summed E-state index contributed by atoms with van der Waals surface area (Å²) in [6.07, 6.45) is 2.35. The highest BCUT2D eigenvalue weighted by Gasteiger charge is 2.27. The summed E-state index contributed by atoms with van der Waals surface area (Å²) in [4.78, 5) is 28.7. The molecule has 5 heteroatoms. The number of benzene rings is 1. The van der Waals surface area contributed by atoms with E-state index in [2.05, 4.69) is 10.3 Å². The minimum Gasteiger partial charge on any atom is -0.467 e. The van der Waals surface area contributed by atoms with E-state index in [9.17, 15) is 9.59 Å². The number of nitrogens with one attached hydrogen (secondary N) is 1. The number of carbonyl (C=O) groups is 2. The van der Waals surface area contributed by atoms with Crippen LogP contribution >= 0.6 is 0 Å². The Bertz CT molecular complexity index is 679. The Morgan fingerprint density at radius 3 is 2.68 bits per heavy atom. The lowest BCUT2D eigenvalue weighted by Crippen LogP contribution is -2.45. The summed E-state index contributed by atoms with van der Waals surface area (Å²) < 4.78 is 4.79. The lowest BCUT2D eigenvalue weighted by atomic mass is 9.98. The van der Waals surface area contributed by atoms with E-state index in [1.54, 1.807) is 12.3 Å². The molecule has 0 fully saturated rings. The number of ether oxygens (including phenoxy) is 1. The van der Waals surface area contributed by atoms with Gasteiger partial charge in [0.15, 0.2) is 0 Å². The summed E-state index contributed by atoms with van der Waals surface area (Å²) in [7, 11) is 1.33. The molecule has 1 aromatic carbocycles. The lowest BCUT2D eigenvalue weighted by molar-refractivity contribution is -0.144. The van der Waals surface area contributed by atoms with Crippen molar-refractivity contribution in [2.75, 3.05) is 7.11 Å². The predicted molar refractivity (Wildman–Crippen MR) is 84.5 cm³/mol. The van der Waals surface area contributed by atoms with Gasteiger partial charge in [-0.15, -0.1) is 0 Å². The third kappa shape index (κ3) is 3.24. The molecule has 1 aromatic heterocycles. The van der Waals surface area contributed by atoms with Crippen LogP contribution in [0, 0.1) is 5.92 Å². The predicted octanol–water partition coefficient (Wildman–Crippen LogP) is 2.55. The average Bonchev–Trinajstić information content (AvgIpc) is 2.57. The fraction of sp³-hybridized carbons (Fsp3) is 0.353. The summed E-state index contributed by atoms with van der Waals surface area (Å²) in [5, 5.41) is 3.55. The molecular weight excluding hydrogens is 280 g/mol. The molecule has 0 unspecified atom stereocenters. The molecule has 0 saturated carbocycles. The minimum atomic E-state index is -0.658. The van der Waals surface area contributed by atoms with Crippen LogP contribution in [0.4, 0.5) is 0 Å². The highest BCUT2D eigenvalue weighted by molar-refractivity contribution is 6.07. The van der Waals surface area contributed by atoms with Gasteiger partial charge in [0, 0.05) is 11.6 Å². The molecule has 2 atom stereocenters. The monoisotopic (exact) mass is 300 g/mol. The van der Waals surface area contributed by atoms with E-state index in [4.69, 9.17) is 4.74 Å². The van der Waals surface area contributed by atoms with Crippen molar-refractivity contribution in [3.05, 3.63) is 42.1 Å². The number of esters is 1. The number of carbonyl (C=O) groups excluding carboxylic acids is 2. The lowest BCUT2D eigenvalue weighted by Gasteiger charge is -2.22. The second kappa shape index (κ2) is 7.02. The topological polar surface area (TPSA) is 68.3 Å². The van der Waals surface area contributed by atoms with E-state index in [1.807, 2.05) is 38.1 Å². The van der Waals surface area contributed by atoms with Gasteiger partial charge in [0.25, 0.3) is 5.91 Å². The molecule has 0 aliphatic heterocycles. The molecule has 0 aliphatic rings. The summed E-state index contributed by atoms with van der Waals surface area (Å²) in [5.41, 5.74) is 1.25. The number of nitrogens with zero attached hydrogens (tertiary/aromatic N) is 1. The van der Waals surface area contributed by atoms with Crippen LogP contribution in [0.25, 0.3) is 10.9 Å². The van der Waals surface area contributed by atoms with Crippen LogP contribution < -0.4 is 5.32 Å². The highest BCUT2D eigenvalue weighted by Crippen LogP contribution is 2.17. The molecule has 0 spiro atoms. The Morgan fingerprint density at radius 1 is 1.27 bits per heavy atom. The molecule has 0 saturated heterocycles. The number of methoxy groups -OCH3 is 1. The Balaban J connectivity index is 2.31. The van der Waals surface area contributed by atoms with Crippen LogP contribution in [0.15, 0.2) is 36.5 Å². The normalized spacial score (nSPS) is 13.4. The number of para-hydroxylation sites is 1. The zero-order valence-electron chi connectivity index (χ0n) is 13.0. The molecule has 0 radical (unpaired) electrons. The standard InChI is InChI=1S/C17H20N2O3/c1-4-11(2)15(17(21)22-3)19-16(20)13-9-10-18-14-8-6-5-7-12(13)14/h5-11,15H,4H2,1-3H3,(H,19,20)/t11-,15-/m0/s1. The number of pyridine rings is 1. The molecule has 1 N–H and O–H groups in total. The molecule has 22 heavy (non-hydrogen) atoms. The second-order valence-electron chi connectivity index (χ2n) is 5.24. The molecule has 1 heterocycles. The van der Waals surface area contributed by atoms with Gasteiger partial charge in [0.2, 0.25) is 0 Å². The van der Waals surface area contributed by atoms with Crippen molar-refractivity contribution in [3.8, 4) is 0 Å². The number of rotatable bonds is 5. The van der Waals surface area contributed by atoms with Crippen LogP contribution in [0.5, 0.6) is 0 Å². The van der Waals surface area contributed by atoms with E-state index in [0.717, 1.165) is 17.3 Å². The molecule has 2 rings (SSSR count). The third-order valence-corrected chi connectivity index (χ3v) is 3.85. The first kappa shape index (κ1) is 15.9. The Kier molecular flexibility index (Phi) is 5.09. The molecule has 5 nitrogen and oxygen atoms in total. The second-order valence-corrected chi connectivity index (χ2v) is 5.24. The molecule has 116 valence electrons. The van der Waals surface area contributed by atoms with E-state index in [-0.39, 0.29) is 11.8 Å². The van der Waals surface area contributed by atoms with Crippen LogP contribution in [-0.4, -0.2) is 30.0 Å². The summed E-state index contributed by atoms with van der Waals surface area (Å²) in [5.74, 6) is -0.736. The number of hydrogen-bond acceptors (Lipinski definition) is 4. The zero-order chi connectivity index (χ0) is 16.1. The number of aromatic nitrogens is 1. The first-order valence-corrected chi connectivity index (χ1v) is 7.31. The van der Waals surface area contributed by atoms with Gasteiger partial charge >= 0.3 is 5.97 Å². The van der Waals surface area contributed by atoms with E-state index >= 15 is 0 Å². The maximum atomic E-state index is 12.6. The van der Waals surface area contributed by atoms with Gasteiger partial charge in [0.05, 0.1) is 18.2 Å². The van der Waals surface area contributed by atoms with Crippen molar-refractivity contribution >= 4 is 22.8 Å². The van der Waals surface area contributed by atoms with E-state index < -0.39 is 12.0 Å². The van der Waals surface area contributed by atoms with E-state index in [1.165, 1.54) is 7.11 Å². The number of amides is 1. The maximum absolute atomic E-state index is 12.6. The first-order valence-electron chi connectivity index (χ1n) is 7.31. The Morgan fingerprint density at radius 2 is 2.00 bits per heavy atom. The summed E-state index contributed by atoms with van der Waals surface area (Å²) in [6, 6.07) is 8.41. The van der Waals surface area contributed by atoms with E-state index in [0.29, 0.717) is 5.56 Å². The van der Waals surface area contributed by atoms with Crippen molar-refractivity contribution in [2.24, 2.45) is 5.92 Å². The van der Waals surface area contributed by atoms with Gasteiger partial charge in [-0.1, -0.05) is 38.5 Å². The largest absolute Gasteiger partial charge is 0.467 e. The van der Waals surface area contributed by atoms with Gasteiger partial charge < -0.3 is 10.1 Å². The van der Waals surface area contributed by atoms with Gasteiger partial charge in [0.1, 0.15) is 6.04 Å². The molecule has 2 aromatic rings. The van der Waals surface area contributed by atoms with Crippen molar-refractivity contribution in [2.45, 2.75) is 26.3 Å². The van der Waals surface area contributed by atoms with Crippen molar-refractivity contribution < 1.29 is 14.3 Å². The fourth-order valence-electron chi connectivity index (χ4n) is 2.31. The van der Waals surface area contributed by atoms with Gasteiger partial charge in [-0.25, -0.2) is 4.79 Å². The SMILES string of the molecule is CC[C@H](C)[C@H](NC(=O)c1ccnc2ccccc12)C(=O)OC. The van der Waals surface area contributed by atoms with Crippen molar-refractivity contribution in [1.82, 2.24) is 10.3 Å². The van der Waals surface area contributed by atoms with Crippen molar-refractivity contribution in [1.29, 1.82) is 0 Å². The fourth-order valence-corrected chi connectivity index (χ4v) is 2.31. The molecule has 0 aliphatic carbocycles. The summed E-state index contributed by atoms with van der Waals surface area (Å²) >= 11 is 0. The van der Waals surface area contributed by atoms with Crippen LogP contribution in [0.1, 0.15) is 30.6 Å². The smallest absolute Gasteiger partial charge is 0.328 e. The van der Waals surface area contributed by atoms with Crippen molar-refractivity contribution in [3.63, 3.8) is 0 Å². The average molecular weight is 300 g/mol. The summed E-state index contributed by atoms with van der Waals surface area (Å²) in [6.45, 7) is 3.88. The Hall–Kier alpha value is -2.43. The van der Waals surface area contributed by atoms with Gasteiger partial charge in [-0.3, -0.25) is 9.78 Å². The van der Waals surface area contributed by atoms with Gasteiger partial charge in [-0.05, 0) is 18.1 Å². The van der Waals surface area contributed by atoms with Crippen LogP contribution in [0.2, 0.25) is 0 Å². The minimum absolute atomic E-state index is 0.00972. The highest BCUT2D eigenvalue weighted by atomic mass is 16.5. The Labute approximate surface area is 129 Å². The number of hydrogen-bond donors (Lipinski definition) is 1. The molecule has 0 bridgehead atoms. The zero-order valence-corrected chi connectivity index (χ0v) is 13.0. The third-order valence-electron chi connectivity index (χ3n) is 3.85.